The molecule has 0 atom stereocenters. The molecule has 2 aromatic rings. The van der Waals surface area contributed by atoms with Gasteiger partial charge < -0.3 is 18.9 Å². The molecule has 0 saturated heterocycles. The lowest BCUT2D eigenvalue weighted by atomic mass is 10.1. The number of hydrogen-bond acceptors (Lipinski definition) is 5. The van der Waals surface area contributed by atoms with Crippen LogP contribution in [0.15, 0.2) is 30.3 Å². The molecule has 1 heterocycles. The number of benzene rings is 2. The molecule has 0 amide bonds. The molecule has 23 heavy (non-hydrogen) atoms. The van der Waals surface area contributed by atoms with Crippen LogP contribution in [-0.4, -0.2) is 19.9 Å². The Bertz CT molecular complexity index is 757. The minimum atomic E-state index is -0.492. The Balaban J connectivity index is 1.76. The van der Waals surface area contributed by atoms with Gasteiger partial charge in [0.05, 0.1) is 17.7 Å². The first kappa shape index (κ1) is 15.5. The normalized spacial score (nSPS) is 12.1. The topological polar surface area (TPSA) is 54.0 Å². The second kappa shape index (κ2) is 6.38. The van der Waals surface area contributed by atoms with Gasteiger partial charge in [0, 0.05) is 5.56 Å². The highest BCUT2D eigenvalue weighted by atomic mass is 35.5. The van der Waals surface area contributed by atoms with Crippen molar-refractivity contribution in [3.05, 3.63) is 52.0 Å². The summed E-state index contributed by atoms with van der Waals surface area (Å²) in [6, 6.07) is 8.76. The Morgan fingerprint density at radius 1 is 1.26 bits per heavy atom. The molecule has 5 nitrogen and oxygen atoms in total. The average molecular weight is 335 g/mol. The zero-order chi connectivity index (χ0) is 16.4. The number of esters is 1. The summed E-state index contributed by atoms with van der Waals surface area (Å²) < 4.78 is 21.1. The number of methoxy groups -OCH3 is 1. The van der Waals surface area contributed by atoms with Crippen LogP contribution in [0.4, 0.5) is 0 Å². The van der Waals surface area contributed by atoms with E-state index in [0.717, 1.165) is 11.1 Å². The van der Waals surface area contributed by atoms with Crippen LogP contribution in [0, 0.1) is 6.92 Å². The van der Waals surface area contributed by atoms with Gasteiger partial charge in [-0.05, 0) is 31.2 Å². The van der Waals surface area contributed by atoms with Crippen molar-refractivity contribution in [1.82, 2.24) is 0 Å². The maximum absolute atomic E-state index is 12.2. The van der Waals surface area contributed by atoms with Crippen molar-refractivity contribution in [3.8, 4) is 17.2 Å². The van der Waals surface area contributed by atoms with Gasteiger partial charge in [0.15, 0.2) is 11.5 Å². The lowest BCUT2D eigenvalue weighted by Crippen LogP contribution is -2.06. The third-order valence-corrected chi connectivity index (χ3v) is 3.74. The second-order valence-electron chi connectivity index (χ2n) is 5.08. The molecular formula is C17H15ClO5. The molecule has 0 fully saturated rings. The van der Waals surface area contributed by atoms with E-state index in [2.05, 4.69) is 0 Å². The van der Waals surface area contributed by atoms with Crippen LogP contribution in [0.25, 0.3) is 0 Å². The van der Waals surface area contributed by atoms with Gasteiger partial charge in [0.2, 0.25) is 6.79 Å². The van der Waals surface area contributed by atoms with Gasteiger partial charge in [-0.2, -0.15) is 0 Å². The summed E-state index contributed by atoms with van der Waals surface area (Å²) in [6.45, 7) is 2.16. The smallest absolute Gasteiger partial charge is 0.338 e. The Morgan fingerprint density at radius 2 is 2.09 bits per heavy atom. The minimum Gasteiger partial charge on any atom is -0.496 e. The highest BCUT2D eigenvalue weighted by Crippen LogP contribution is 2.40. The van der Waals surface area contributed by atoms with E-state index in [9.17, 15) is 4.79 Å². The third kappa shape index (κ3) is 3.19. The van der Waals surface area contributed by atoms with Crippen molar-refractivity contribution in [2.75, 3.05) is 13.9 Å². The Labute approximate surface area is 138 Å². The van der Waals surface area contributed by atoms with E-state index in [0.29, 0.717) is 27.8 Å². The van der Waals surface area contributed by atoms with Crippen molar-refractivity contribution in [1.29, 1.82) is 0 Å². The van der Waals surface area contributed by atoms with E-state index in [1.807, 2.05) is 25.1 Å². The molecule has 0 aromatic heterocycles. The fourth-order valence-corrected chi connectivity index (χ4v) is 2.60. The van der Waals surface area contributed by atoms with Gasteiger partial charge in [0.25, 0.3) is 0 Å². The quantitative estimate of drug-likeness (QED) is 0.797. The molecular weight excluding hydrogens is 320 g/mol. The molecule has 0 N–H and O–H groups in total. The number of carbonyl (C=O) groups excluding carboxylic acids is 1. The Hall–Kier alpha value is -2.40. The van der Waals surface area contributed by atoms with E-state index in [-0.39, 0.29) is 13.4 Å². The Morgan fingerprint density at radius 3 is 2.87 bits per heavy atom. The first-order valence-corrected chi connectivity index (χ1v) is 7.36. The van der Waals surface area contributed by atoms with Crippen molar-refractivity contribution >= 4 is 17.6 Å². The molecule has 2 aromatic carbocycles. The molecule has 0 bridgehead atoms. The molecule has 0 aliphatic carbocycles. The van der Waals surface area contributed by atoms with Gasteiger partial charge in [-0.3, -0.25) is 0 Å². The van der Waals surface area contributed by atoms with Gasteiger partial charge in [-0.15, -0.1) is 0 Å². The number of fused-ring (bicyclic) bond motifs is 1. The molecule has 0 spiro atoms. The van der Waals surface area contributed by atoms with Crippen LogP contribution in [0.2, 0.25) is 5.02 Å². The van der Waals surface area contributed by atoms with Crippen molar-refractivity contribution in [2.45, 2.75) is 13.5 Å². The summed E-state index contributed by atoms with van der Waals surface area (Å²) in [5, 5.41) is 0.320. The zero-order valence-corrected chi connectivity index (χ0v) is 13.5. The maximum Gasteiger partial charge on any atom is 0.338 e. The SMILES string of the molecule is COc1ccc(C)cc1COC(=O)c1cc(Cl)c2c(c1)OCO2. The number of carbonyl (C=O) groups is 1. The van der Waals surface area contributed by atoms with E-state index in [1.54, 1.807) is 13.2 Å². The maximum atomic E-state index is 12.2. The summed E-state index contributed by atoms with van der Waals surface area (Å²) in [5.74, 6) is 1.07. The predicted octanol–water partition coefficient (Wildman–Crippen LogP) is 3.74. The number of halogens is 1. The van der Waals surface area contributed by atoms with Crippen LogP contribution in [0.1, 0.15) is 21.5 Å². The largest absolute Gasteiger partial charge is 0.496 e. The Kier molecular flexibility index (Phi) is 4.30. The number of rotatable bonds is 4. The first-order chi connectivity index (χ1) is 11.1. The summed E-state index contributed by atoms with van der Waals surface area (Å²) >= 11 is 6.07. The summed E-state index contributed by atoms with van der Waals surface area (Å²) in [4.78, 5) is 12.2. The predicted molar refractivity (Wildman–Crippen MR) is 84.4 cm³/mol. The fraction of sp³-hybridized carbons (Fsp3) is 0.235. The van der Waals surface area contributed by atoms with Crippen molar-refractivity contribution in [3.63, 3.8) is 0 Å². The molecule has 3 rings (SSSR count). The molecule has 0 radical (unpaired) electrons. The monoisotopic (exact) mass is 334 g/mol. The van der Waals surface area contributed by atoms with Gasteiger partial charge in [0.1, 0.15) is 12.4 Å². The van der Waals surface area contributed by atoms with Gasteiger partial charge in [-0.1, -0.05) is 23.2 Å². The van der Waals surface area contributed by atoms with Crippen molar-refractivity contribution < 1.29 is 23.7 Å². The molecule has 6 heteroatoms. The average Bonchev–Trinajstić information content (AvgIpc) is 3.01. The molecule has 0 unspecified atom stereocenters. The third-order valence-electron chi connectivity index (χ3n) is 3.46. The zero-order valence-electron chi connectivity index (χ0n) is 12.7. The molecule has 0 saturated carbocycles. The van der Waals surface area contributed by atoms with E-state index >= 15 is 0 Å². The van der Waals surface area contributed by atoms with Crippen LogP contribution >= 0.6 is 11.6 Å². The second-order valence-corrected chi connectivity index (χ2v) is 5.49. The molecule has 120 valence electrons. The van der Waals surface area contributed by atoms with E-state index in [4.69, 9.17) is 30.5 Å². The van der Waals surface area contributed by atoms with Crippen LogP contribution in [-0.2, 0) is 11.3 Å². The summed E-state index contributed by atoms with van der Waals surface area (Å²) in [6.07, 6.45) is 0. The van der Waals surface area contributed by atoms with Gasteiger partial charge in [-0.25, -0.2) is 4.79 Å². The highest BCUT2D eigenvalue weighted by Gasteiger charge is 2.21. The van der Waals surface area contributed by atoms with Crippen LogP contribution in [0.3, 0.4) is 0 Å². The minimum absolute atomic E-state index is 0.0913. The van der Waals surface area contributed by atoms with Gasteiger partial charge >= 0.3 is 5.97 Å². The number of aryl methyl sites for hydroxylation is 1. The standard InChI is InChI=1S/C17H15ClO5/c1-10-3-4-14(20-2)12(5-10)8-21-17(19)11-6-13(18)16-15(7-11)22-9-23-16/h3-7H,8-9H2,1-2H3. The number of ether oxygens (including phenoxy) is 4. The molecule has 1 aliphatic heterocycles. The van der Waals surface area contributed by atoms with E-state index < -0.39 is 5.97 Å². The van der Waals surface area contributed by atoms with Crippen molar-refractivity contribution in [2.24, 2.45) is 0 Å². The van der Waals surface area contributed by atoms with Crippen LogP contribution < -0.4 is 14.2 Å². The van der Waals surface area contributed by atoms with E-state index in [1.165, 1.54) is 6.07 Å². The highest BCUT2D eigenvalue weighted by molar-refractivity contribution is 6.32. The molecule has 1 aliphatic rings. The fourth-order valence-electron chi connectivity index (χ4n) is 2.33. The summed E-state index contributed by atoms with van der Waals surface area (Å²) in [7, 11) is 1.58. The lowest BCUT2D eigenvalue weighted by molar-refractivity contribution is 0.0469. The summed E-state index contributed by atoms with van der Waals surface area (Å²) in [5.41, 5.74) is 2.17. The van der Waals surface area contributed by atoms with Crippen LogP contribution in [0.5, 0.6) is 17.2 Å². The lowest BCUT2D eigenvalue weighted by Gasteiger charge is -2.11. The first-order valence-electron chi connectivity index (χ1n) is 6.98. The number of hydrogen-bond donors (Lipinski definition) is 0.